The van der Waals surface area contributed by atoms with E-state index >= 15 is 0 Å². The molecule has 1 heterocycles. The lowest BCUT2D eigenvalue weighted by atomic mass is 9.82. The number of rotatable bonds is 6. The van der Waals surface area contributed by atoms with Crippen LogP contribution in [-0.2, 0) is 0 Å². The monoisotopic (exact) mass is 279 g/mol. The van der Waals surface area contributed by atoms with Crippen LogP contribution in [0, 0.1) is 11.3 Å². The summed E-state index contributed by atoms with van der Waals surface area (Å²) in [4.78, 5) is 4.16. The molecule has 114 valence electrons. The SMILES string of the molecule is CC(CC(O)c1cncc(OC(C)C)c1)CC(C)(C)C. The molecule has 0 saturated heterocycles. The first-order valence-corrected chi connectivity index (χ1v) is 7.47. The third-order valence-corrected chi connectivity index (χ3v) is 3.08. The normalized spacial score (nSPS) is 15.2. The fraction of sp³-hybridized carbons (Fsp3) is 0.706. The van der Waals surface area contributed by atoms with Crippen LogP contribution in [0.15, 0.2) is 18.5 Å². The number of hydrogen-bond donors (Lipinski definition) is 1. The zero-order valence-corrected chi connectivity index (χ0v) is 13.7. The van der Waals surface area contributed by atoms with Crippen molar-refractivity contribution in [2.75, 3.05) is 0 Å². The van der Waals surface area contributed by atoms with Crippen LogP contribution in [0.5, 0.6) is 5.75 Å². The third-order valence-electron chi connectivity index (χ3n) is 3.08. The molecule has 1 N–H and O–H groups in total. The Morgan fingerprint density at radius 1 is 1.20 bits per heavy atom. The molecule has 0 bridgehead atoms. The molecule has 2 unspecified atom stereocenters. The van der Waals surface area contributed by atoms with E-state index in [1.807, 2.05) is 19.9 Å². The van der Waals surface area contributed by atoms with Crippen LogP contribution >= 0.6 is 0 Å². The summed E-state index contributed by atoms with van der Waals surface area (Å²) in [6, 6.07) is 1.89. The Kier molecular flexibility index (Phi) is 6.00. The number of aromatic nitrogens is 1. The summed E-state index contributed by atoms with van der Waals surface area (Å²) in [6.07, 6.45) is 4.90. The highest BCUT2D eigenvalue weighted by Crippen LogP contribution is 2.31. The fourth-order valence-corrected chi connectivity index (χ4v) is 2.60. The predicted octanol–water partition coefficient (Wildman–Crippen LogP) is 4.36. The Morgan fingerprint density at radius 2 is 1.85 bits per heavy atom. The lowest BCUT2D eigenvalue weighted by Crippen LogP contribution is -2.14. The van der Waals surface area contributed by atoms with Crippen LogP contribution in [-0.4, -0.2) is 16.2 Å². The second-order valence-corrected chi connectivity index (χ2v) is 7.24. The minimum absolute atomic E-state index is 0.115. The maximum Gasteiger partial charge on any atom is 0.138 e. The van der Waals surface area contributed by atoms with Crippen molar-refractivity contribution in [3.63, 3.8) is 0 Å². The van der Waals surface area contributed by atoms with Crippen molar-refractivity contribution < 1.29 is 9.84 Å². The number of nitrogens with zero attached hydrogens (tertiary/aromatic N) is 1. The highest BCUT2D eigenvalue weighted by molar-refractivity contribution is 5.25. The van der Waals surface area contributed by atoms with Gasteiger partial charge >= 0.3 is 0 Å². The van der Waals surface area contributed by atoms with Crippen LogP contribution in [0.1, 0.15) is 66.1 Å². The van der Waals surface area contributed by atoms with E-state index in [0.717, 1.165) is 24.2 Å². The van der Waals surface area contributed by atoms with E-state index in [2.05, 4.69) is 32.7 Å². The van der Waals surface area contributed by atoms with E-state index in [-0.39, 0.29) is 6.10 Å². The Bertz CT molecular complexity index is 410. The highest BCUT2D eigenvalue weighted by Gasteiger charge is 2.19. The second kappa shape index (κ2) is 7.07. The van der Waals surface area contributed by atoms with Gasteiger partial charge in [-0.1, -0.05) is 27.7 Å². The topological polar surface area (TPSA) is 42.4 Å². The summed E-state index contributed by atoms with van der Waals surface area (Å²) < 4.78 is 5.62. The van der Waals surface area contributed by atoms with Crippen LogP contribution in [0.25, 0.3) is 0 Å². The molecule has 0 aliphatic heterocycles. The van der Waals surface area contributed by atoms with Crippen molar-refractivity contribution in [1.29, 1.82) is 0 Å². The molecule has 0 aromatic carbocycles. The summed E-state index contributed by atoms with van der Waals surface area (Å²) in [5.41, 5.74) is 1.13. The third kappa shape index (κ3) is 6.38. The van der Waals surface area contributed by atoms with Crippen molar-refractivity contribution >= 4 is 0 Å². The molecule has 3 nitrogen and oxygen atoms in total. The van der Waals surface area contributed by atoms with Crippen LogP contribution in [0.3, 0.4) is 0 Å². The van der Waals surface area contributed by atoms with Gasteiger partial charge in [-0.15, -0.1) is 0 Å². The molecule has 20 heavy (non-hydrogen) atoms. The van der Waals surface area contributed by atoms with Crippen LogP contribution in [0.2, 0.25) is 0 Å². The maximum atomic E-state index is 10.4. The summed E-state index contributed by atoms with van der Waals surface area (Å²) in [5, 5.41) is 10.4. The summed E-state index contributed by atoms with van der Waals surface area (Å²) in [5.74, 6) is 1.19. The van der Waals surface area contributed by atoms with E-state index in [9.17, 15) is 5.11 Å². The van der Waals surface area contributed by atoms with Gasteiger partial charge in [-0.2, -0.15) is 0 Å². The van der Waals surface area contributed by atoms with Gasteiger partial charge in [-0.05, 0) is 44.1 Å². The minimum Gasteiger partial charge on any atom is -0.489 e. The van der Waals surface area contributed by atoms with Crippen LogP contribution < -0.4 is 4.74 Å². The highest BCUT2D eigenvalue weighted by atomic mass is 16.5. The molecule has 0 spiro atoms. The zero-order valence-electron chi connectivity index (χ0n) is 13.7. The molecule has 0 saturated carbocycles. The van der Waals surface area contributed by atoms with E-state index in [0.29, 0.717) is 11.3 Å². The molecule has 0 fully saturated rings. The van der Waals surface area contributed by atoms with E-state index < -0.39 is 6.10 Å². The number of pyridine rings is 1. The van der Waals surface area contributed by atoms with Gasteiger partial charge in [-0.3, -0.25) is 4.98 Å². The smallest absolute Gasteiger partial charge is 0.138 e. The number of aliphatic hydroxyl groups excluding tert-OH is 1. The van der Waals surface area contributed by atoms with Crippen LogP contribution in [0.4, 0.5) is 0 Å². The lowest BCUT2D eigenvalue weighted by Gasteiger charge is -2.25. The first-order valence-electron chi connectivity index (χ1n) is 7.47. The summed E-state index contributed by atoms with van der Waals surface area (Å²) in [7, 11) is 0. The fourth-order valence-electron chi connectivity index (χ4n) is 2.60. The predicted molar refractivity (Wildman–Crippen MR) is 82.8 cm³/mol. The number of hydrogen-bond acceptors (Lipinski definition) is 3. The van der Waals surface area contributed by atoms with Crippen molar-refractivity contribution in [2.24, 2.45) is 11.3 Å². The van der Waals surface area contributed by atoms with Gasteiger partial charge in [-0.25, -0.2) is 0 Å². The average molecular weight is 279 g/mol. The van der Waals surface area contributed by atoms with Gasteiger partial charge < -0.3 is 9.84 Å². The molecule has 0 radical (unpaired) electrons. The molecular weight excluding hydrogens is 250 g/mol. The Labute approximate surface area is 123 Å². The quantitative estimate of drug-likeness (QED) is 0.841. The van der Waals surface area contributed by atoms with E-state index in [1.165, 1.54) is 0 Å². The number of aliphatic hydroxyl groups is 1. The van der Waals surface area contributed by atoms with Crippen molar-refractivity contribution in [2.45, 2.75) is 66.6 Å². The van der Waals surface area contributed by atoms with Crippen molar-refractivity contribution in [3.8, 4) is 5.75 Å². The lowest BCUT2D eigenvalue weighted by molar-refractivity contribution is 0.133. The first-order chi connectivity index (χ1) is 9.17. The van der Waals surface area contributed by atoms with Gasteiger partial charge in [0.2, 0.25) is 0 Å². The Morgan fingerprint density at radius 3 is 2.40 bits per heavy atom. The molecule has 0 aliphatic rings. The molecule has 1 aromatic rings. The van der Waals surface area contributed by atoms with Gasteiger partial charge in [0.05, 0.1) is 18.4 Å². The molecule has 1 aromatic heterocycles. The van der Waals surface area contributed by atoms with E-state index in [4.69, 9.17) is 4.74 Å². The molecule has 0 amide bonds. The number of ether oxygens (including phenoxy) is 1. The molecule has 2 atom stereocenters. The van der Waals surface area contributed by atoms with Gasteiger partial charge in [0.1, 0.15) is 5.75 Å². The molecule has 3 heteroatoms. The van der Waals surface area contributed by atoms with Crippen molar-refractivity contribution in [3.05, 3.63) is 24.0 Å². The Balaban J connectivity index is 2.65. The standard InChI is InChI=1S/C17H29NO2/c1-12(2)20-15-8-14(10-18-11-15)16(19)7-13(3)9-17(4,5)6/h8,10-13,16,19H,7,9H2,1-6H3. The molecular formula is C17H29NO2. The van der Waals surface area contributed by atoms with Crippen molar-refractivity contribution in [1.82, 2.24) is 4.98 Å². The Hall–Kier alpha value is -1.09. The van der Waals surface area contributed by atoms with E-state index in [1.54, 1.807) is 12.4 Å². The molecule has 1 rings (SSSR count). The van der Waals surface area contributed by atoms with Gasteiger partial charge in [0.25, 0.3) is 0 Å². The average Bonchev–Trinajstić information content (AvgIpc) is 2.25. The van der Waals surface area contributed by atoms with Gasteiger partial charge in [0, 0.05) is 11.8 Å². The minimum atomic E-state index is -0.476. The van der Waals surface area contributed by atoms with Gasteiger partial charge in [0.15, 0.2) is 0 Å². The summed E-state index contributed by atoms with van der Waals surface area (Å²) in [6.45, 7) is 12.8. The maximum absolute atomic E-state index is 10.4. The largest absolute Gasteiger partial charge is 0.489 e. The first kappa shape index (κ1) is 17.0. The second-order valence-electron chi connectivity index (χ2n) is 7.24. The zero-order chi connectivity index (χ0) is 15.3. The molecule has 0 aliphatic carbocycles. The summed E-state index contributed by atoms with van der Waals surface area (Å²) >= 11 is 0.